The summed E-state index contributed by atoms with van der Waals surface area (Å²) in [6.07, 6.45) is 5.47. The van der Waals surface area contributed by atoms with E-state index >= 15 is 0 Å². The summed E-state index contributed by atoms with van der Waals surface area (Å²) in [4.78, 5) is 4.74. The van der Waals surface area contributed by atoms with Crippen molar-refractivity contribution < 1.29 is 4.42 Å². The molecule has 0 aliphatic rings. The van der Waals surface area contributed by atoms with Crippen LogP contribution in [0.5, 0.6) is 0 Å². The molecule has 0 aliphatic carbocycles. The number of halogens is 1. The lowest BCUT2D eigenvalue weighted by molar-refractivity contribution is 0.506. The SMILES string of the molecule is CCc1nn(C)cc1CNC(=NCc1ccc(Br)cc1)NCCc1ccco1. The highest BCUT2D eigenvalue weighted by molar-refractivity contribution is 9.10. The van der Waals surface area contributed by atoms with Gasteiger partial charge in [-0.2, -0.15) is 5.10 Å². The number of guanidine groups is 1. The lowest BCUT2D eigenvalue weighted by atomic mass is 10.2. The molecule has 0 unspecified atom stereocenters. The Morgan fingerprint density at radius 3 is 2.75 bits per heavy atom. The number of benzene rings is 1. The molecule has 3 aromatic rings. The largest absolute Gasteiger partial charge is 0.469 e. The second-order valence-corrected chi connectivity index (χ2v) is 7.44. The zero-order chi connectivity index (χ0) is 19.8. The van der Waals surface area contributed by atoms with E-state index in [0.717, 1.165) is 46.8 Å². The van der Waals surface area contributed by atoms with Crippen molar-refractivity contribution in [1.29, 1.82) is 0 Å². The summed E-state index contributed by atoms with van der Waals surface area (Å²) >= 11 is 3.47. The quantitative estimate of drug-likeness (QED) is 0.410. The molecule has 0 saturated carbocycles. The molecule has 0 saturated heterocycles. The molecule has 3 rings (SSSR count). The number of hydrogen-bond donors (Lipinski definition) is 2. The topological polar surface area (TPSA) is 67.4 Å². The van der Waals surface area contributed by atoms with Gasteiger partial charge in [0.2, 0.25) is 0 Å². The van der Waals surface area contributed by atoms with E-state index in [4.69, 9.17) is 9.41 Å². The molecule has 148 valence electrons. The molecule has 28 heavy (non-hydrogen) atoms. The Balaban J connectivity index is 1.63. The maximum atomic E-state index is 5.40. The van der Waals surface area contributed by atoms with E-state index in [-0.39, 0.29) is 0 Å². The van der Waals surface area contributed by atoms with Crippen LogP contribution < -0.4 is 10.6 Å². The van der Waals surface area contributed by atoms with Crippen molar-refractivity contribution in [2.24, 2.45) is 12.0 Å². The third-order valence-electron chi connectivity index (χ3n) is 4.35. The number of aromatic nitrogens is 2. The van der Waals surface area contributed by atoms with E-state index < -0.39 is 0 Å². The Kier molecular flexibility index (Phi) is 7.31. The summed E-state index contributed by atoms with van der Waals surface area (Å²) in [5.74, 6) is 1.74. The van der Waals surface area contributed by atoms with Gasteiger partial charge in [-0.15, -0.1) is 0 Å². The first-order valence-electron chi connectivity index (χ1n) is 9.44. The van der Waals surface area contributed by atoms with Gasteiger partial charge in [-0.05, 0) is 36.2 Å². The second kappa shape index (κ2) is 10.1. The Labute approximate surface area is 174 Å². The van der Waals surface area contributed by atoms with Crippen LogP contribution in [0, 0.1) is 0 Å². The van der Waals surface area contributed by atoms with Gasteiger partial charge in [0.25, 0.3) is 0 Å². The Bertz CT molecular complexity index is 884. The average molecular weight is 444 g/mol. The summed E-state index contributed by atoms with van der Waals surface area (Å²) in [5.41, 5.74) is 3.46. The highest BCUT2D eigenvalue weighted by Crippen LogP contribution is 2.11. The molecule has 7 heteroatoms. The zero-order valence-electron chi connectivity index (χ0n) is 16.3. The molecule has 0 bridgehead atoms. The van der Waals surface area contributed by atoms with E-state index in [1.807, 2.05) is 36.0 Å². The molecule has 2 heterocycles. The van der Waals surface area contributed by atoms with Crippen molar-refractivity contribution in [3.05, 3.63) is 75.9 Å². The van der Waals surface area contributed by atoms with Gasteiger partial charge in [-0.1, -0.05) is 35.0 Å². The van der Waals surface area contributed by atoms with Crippen LogP contribution in [0.3, 0.4) is 0 Å². The van der Waals surface area contributed by atoms with Crippen LogP contribution in [0.1, 0.15) is 29.5 Å². The number of furan rings is 1. The molecule has 1 aromatic carbocycles. The fourth-order valence-corrected chi connectivity index (χ4v) is 3.17. The zero-order valence-corrected chi connectivity index (χ0v) is 17.9. The molecular weight excluding hydrogens is 418 g/mol. The lowest BCUT2D eigenvalue weighted by Gasteiger charge is -2.12. The van der Waals surface area contributed by atoms with Gasteiger partial charge in [-0.25, -0.2) is 4.99 Å². The molecule has 0 aliphatic heterocycles. The van der Waals surface area contributed by atoms with Gasteiger partial charge in [0.15, 0.2) is 5.96 Å². The molecule has 2 N–H and O–H groups in total. The second-order valence-electron chi connectivity index (χ2n) is 6.53. The predicted octanol–water partition coefficient (Wildman–Crippen LogP) is 3.82. The monoisotopic (exact) mass is 443 g/mol. The molecule has 0 fully saturated rings. The van der Waals surface area contributed by atoms with E-state index in [1.54, 1.807) is 6.26 Å². The minimum absolute atomic E-state index is 0.608. The number of nitrogens with one attached hydrogen (secondary N) is 2. The van der Waals surface area contributed by atoms with Crippen molar-refractivity contribution in [3.63, 3.8) is 0 Å². The van der Waals surface area contributed by atoms with E-state index in [0.29, 0.717) is 13.1 Å². The molecule has 6 nitrogen and oxygen atoms in total. The van der Waals surface area contributed by atoms with Crippen LogP contribution in [0.15, 0.2) is 62.7 Å². The van der Waals surface area contributed by atoms with E-state index in [2.05, 4.69) is 56.9 Å². The van der Waals surface area contributed by atoms with Gasteiger partial charge in [-0.3, -0.25) is 4.68 Å². The molecule has 0 spiro atoms. The molecule has 2 aromatic heterocycles. The van der Waals surface area contributed by atoms with Crippen molar-refractivity contribution in [2.75, 3.05) is 6.54 Å². The summed E-state index contributed by atoms with van der Waals surface area (Å²) in [5, 5.41) is 11.3. The van der Waals surface area contributed by atoms with Crippen LogP contribution in [0.25, 0.3) is 0 Å². The number of aliphatic imine (C=N–C) groups is 1. The fraction of sp³-hybridized carbons (Fsp3) is 0.333. The van der Waals surface area contributed by atoms with Crippen LogP contribution >= 0.6 is 15.9 Å². The first-order valence-corrected chi connectivity index (χ1v) is 10.2. The van der Waals surface area contributed by atoms with Crippen molar-refractivity contribution in [3.8, 4) is 0 Å². The number of nitrogens with zero attached hydrogens (tertiary/aromatic N) is 3. The van der Waals surface area contributed by atoms with Crippen molar-refractivity contribution in [2.45, 2.75) is 32.9 Å². The minimum Gasteiger partial charge on any atom is -0.469 e. The first kappa shape index (κ1) is 20.2. The third kappa shape index (κ3) is 5.99. The van der Waals surface area contributed by atoms with Crippen LogP contribution in [0.2, 0.25) is 0 Å². The summed E-state index contributed by atoms with van der Waals surface area (Å²) in [7, 11) is 1.95. The lowest BCUT2D eigenvalue weighted by Crippen LogP contribution is -2.38. The Hall–Kier alpha value is -2.54. The maximum Gasteiger partial charge on any atom is 0.191 e. The number of aryl methyl sites for hydroxylation is 2. The van der Waals surface area contributed by atoms with Gasteiger partial charge in [0, 0.05) is 42.8 Å². The standard InChI is InChI=1S/C21H26BrN5O/c1-3-20-17(15-27(2)26-20)14-25-21(23-11-10-19-5-4-12-28-19)24-13-16-6-8-18(22)9-7-16/h4-9,12,15H,3,10-11,13-14H2,1-2H3,(H2,23,24,25). The Morgan fingerprint density at radius 1 is 1.21 bits per heavy atom. The Morgan fingerprint density at radius 2 is 2.04 bits per heavy atom. The van der Waals surface area contributed by atoms with E-state index in [9.17, 15) is 0 Å². The van der Waals surface area contributed by atoms with Gasteiger partial charge in [0.1, 0.15) is 5.76 Å². The minimum atomic E-state index is 0.608. The number of hydrogen-bond acceptors (Lipinski definition) is 3. The summed E-state index contributed by atoms with van der Waals surface area (Å²) in [6, 6.07) is 12.1. The molecule has 0 amide bonds. The molecule has 0 atom stereocenters. The van der Waals surface area contributed by atoms with Crippen LogP contribution in [-0.4, -0.2) is 22.3 Å². The maximum absolute atomic E-state index is 5.40. The molecule has 0 radical (unpaired) electrons. The summed E-state index contributed by atoms with van der Waals surface area (Å²) < 4.78 is 8.33. The predicted molar refractivity (Wildman–Crippen MR) is 115 cm³/mol. The van der Waals surface area contributed by atoms with Gasteiger partial charge < -0.3 is 15.1 Å². The number of rotatable bonds is 8. The van der Waals surface area contributed by atoms with Gasteiger partial charge >= 0.3 is 0 Å². The van der Waals surface area contributed by atoms with Crippen LogP contribution in [0.4, 0.5) is 0 Å². The average Bonchev–Trinajstić information content (AvgIpc) is 3.34. The highest BCUT2D eigenvalue weighted by atomic mass is 79.9. The van der Waals surface area contributed by atoms with E-state index in [1.165, 1.54) is 5.56 Å². The first-order chi connectivity index (χ1) is 13.6. The van der Waals surface area contributed by atoms with Crippen LogP contribution in [-0.2, 0) is 33.0 Å². The third-order valence-corrected chi connectivity index (χ3v) is 4.88. The smallest absolute Gasteiger partial charge is 0.191 e. The normalized spacial score (nSPS) is 11.6. The fourth-order valence-electron chi connectivity index (χ4n) is 2.90. The van der Waals surface area contributed by atoms with Crippen molar-refractivity contribution >= 4 is 21.9 Å². The van der Waals surface area contributed by atoms with Gasteiger partial charge in [0.05, 0.1) is 18.5 Å². The summed E-state index contributed by atoms with van der Waals surface area (Å²) in [6.45, 7) is 4.16. The highest BCUT2D eigenvalue weighted by Gasteiger charge is 2.07. The van der Waals surface area contributed by atoms with Crippen molar-refractivity contribution in [1.82, 2.24) is 20.4 Å². The molecular formula is C21H26BrN5O.